The quantitative estimate of drug-likeness (QED) is 0.133. The average molecular weight is 1320 g/mol. The molecule has 0 aromatic heterocycles. The predicted octanol–water partition coefficient (Wildman–Crippen LogP) is 25.6. The fourth-order valence-corrected chi connectivity index (χ4v) is 14.8. The average Bonchev–Trinajstić information content (AvgIpc) is 0.681. The highest BCUT2D eigenvalue weighted by molar-refractivity contribution is 7.00. The monoisotopic (exact) mass is 1310 g/mol. The second-order valence-corrected chi connectivity index (χ2v) is 33.9. The lowest BCUT2D eigenvalue weighted by atomic mass is 9.33. The number of anilines is 6. The van der Waals surface area contributed by atoms with Gasteiger partial charge in [-0.25, -0.2) is 0 Å². The highest BCUT2D eigenvalue weighted by Crippen LogP contribution is 2.56. The van der Waals surface area contributed by atoms with Crippen LogP contribution in [0.2, 0.25) is 0 Å². The number of rotatable bonds is 9. The zero-order chi connectivity index (χ0) is 87.3. The standard InChI is InChI=1S/C96H103BN2/c1-91(2,3)72-48-69(49-73(56-72)92(4,5)6)67-44-46-82-84(52-67)98(89-78(63-36-26-20-27-37-63)58-76(95(13,14)15)59-79(89)64-38-28-21-29-39-64)86-54-71(62-34-24-19-25-35-62)55-87-88(86)97(82)83-47-45-68(70-50-74(93(7,8)9)57-75(51-70)94(10,11)12)53-85(83)99(87)90-80(65-40-30-22-31-41-65)60-77(96(16,17)18)61-81(90)66-42-32-23-33-43-66/h20-23,26-33,36-62H,19,24-25,34-35H2,1-18H3/i20D,21D,22D,23D,26D,27D,28D,29D,30D,31D,32D,33D,36D,37D,38D,39D,40D,41D,42D,43D. The van der Waals surface area contributed by atoms with Gasteiger partial charge >= 0.3 is 0 Å². The lowest BCUT2D eigenvalue weighted by Gasteiger charge is -2.46. The maximum absolute atomic E-state index is 10.2. The Kier molecular flexibility index (Phi) is 11.9. The molecule has 2 nitrogen and oxygen atoms in total. The van der Waals surface area contributed by atoms with Gasteiger partial charge < -0.3 is 9.80 Å². The number of fused-ring (bicyclic) bond motifs is 4. The van der Waals surface area contributed by atoms with E-state index in [4.69, 9.17) is 5.48 Å². The molecule has 2 aliphatic heterocycles. The molecular weight excluding hydrogens is 1190 g/mol. The van der Waals surface area contributed by atoms with E-state index in [0.29, 0.717) is 63.1 Å². The summed E-state index contributed by atoms with van der Waals surface area (Å²) in [5.74, 6) is -0.201. The molecule has 1 aliphatic carbocycles. The molecule has 0 bridgehead atoms. The number of nitrogens with zero attached hydrogens (tertiary/aromatic N) is 2. The fourth-order valence-electron chi connectivity index (χ4n) is 14.8. The van der Waals surface area contributed by atoms with Gasteiger partial charge in [-0.2, -0.15) is 0 Å². The van der Waals surface area contributed by atoms with Crippen molar-refractivity contribution < 1.29 is 27.4 Å². The van der Waals surface area contributed by atoms with Gasteiger partial charge in [0.2, 0.25) is 0 Å². The summed E-state index contributed by atoms with van der Waals surface area (Å²) in [6.07, 6.45) is 4.01. The van der Waals surface area contributed by atoms with E-state index in [1.54, 1.807) is 24.3 Å². The first-order valence-electron chi connectivity index (χ1n) is 45.2. The molecule has 99 heavy (non-hydrogen) atoms. The second kappa shape index (κ2) is 25.1. The van der Waals surface area contributed by atoms with Crippen LogP contribution in [0.4, 0.5) is 34.1 Å². The zero-order valence-electron chi connectivity index (χ0n) is 81.0. The largest absolute Gasteiger partial charge is 0.310 e. The molecule has 0 unspecified atom stereocenters. The van der Waals surface area contributed by atoms with E-state index in [0.717, 1.165) is 69.3 Å². The zero-order valence-corrected chi connectivity index (χ0v) is 61.0. The minimum absolute atomic E-state index is 0.0714. The van der Waals surface area contributed by atoms with Gasteiger partial charge in [-0.05, 0) is 200 Å². The molecule has 0 atom stereocenters. The van der Waals surface area contributed by atoms with Crippen LogP contribution in [-0.4, -0.2) is 6.71 Å². The molecule has 2 heterocycles. The SMILES string of the molecule is [2H]c1c([2H])c([2H])c(-c2cc(C(C)(C)C)cc(-c3c([2H])c([2H])c([2H])c([2H])c3[2H])c2N2c3cc(-c4cc(C(C)(C)C)cc(C(C)(C)C)c4)ccc3B3c4ccc(-c5cc(C(C)(C)C)cc(C(C)(C)C)c5)cc4N(c4c(-c5c([2H])c([2H])c([2H])c([2H])c5[2H])cc(C(C)(C)C)cc4-c4c([2H])c([2H])c([2H])c([2H])c4[2H])c4cc(C5CCCCC5)cc2c43)c([2H])c1[2H]. The Labute approximate surface area is 622 Å². The van der Waals surface area contributed by atoms with Crippen LogP contribution in [-0.2, 0) is 32.5 Å². The van der Waals surface area contributed by atoms with E-state index in [1.807, 2.05) is 51.3 Å². The van der Waals surface area contributed by atoms with Gasteiger partial charge in [0, 0.05) is 45.0 Å². The molecule has 0 spiro atoms. The smallest absolute Gasteiger partial charge is 0.252 e. The highest BCUT2D eigenvalue weighted by Gasteiger charge is 2.47. The molecule has 0 N–H and O–H groups in total. The summed E-state index contributed by atoms with van der Waals surface area (Å²) in [6, 6.07) is 25.1. The Balaban J connectivity index is 1.30. The molecule has 3 aliphatic rings. The number of hydrogen-bond donors (Lipinski definition) is 0. The second-order valence-electron chi connectivity index (χ2n) is 33.9. The van der Waals surface area contributed by atoms with Crippen molar-refractivity contribution in [3.63, 3.8) is 0 Å². The molecule has 3 heteroatoms. The van der Waals surface area contributed by atoms with Crippen molar-refractivity contribution in [2.75, 3.05) is 9.80 Å². The molecule has 0 amide bonds. The van der Waals surface area contributed by atoms with Crippen molar-refractivity contribution >= 4 is 57.2 Å². The van der Waals surface area contributed by atoms with Crippen LogP contribution in [0.15, 0.2) is 230 Å². The summed E-state index contributed by atoms with van der Waals surface area (Å²) < 4.78 is 194. The first kappa shape index (κ1) is 47.2. The van der Waals surface area contributed by atoms with Gasteiger partial charge in [0.05, 0.1) is 38.8 Å². The van der Waals surface area contributed by atoms with Gasteiger partial charge in [0.15, 0.2) is 0 Å². The van der Waals surface area contributed by atoms with E-state index in [1.165, 1.54) is 0 Å². The third kappa shape index (κ3) is 12.9. The Morgan fingerprint density at radius 1 is 0.293 bits per heavy atom. The van der Waals surface area contributed by atoms with Crippen molar-refractivity contribution in [3.8, 4) is 66.8 Å². The maximum Gasteiger partial charge on any atom is 0.252 e. The Hall–Kier alpha value is -8.92. The van der Waals surface area contributed by atoms with E-state index >= 15 is 0 Å². The highest BCUT2D eigenvalue weighted by atomic mass is 15.2. The van der Waals surface area contributed by atoms with E-state index < -0.39 is 138 Å². The van der Waals surface area contributed by atoms with Crippen molar-refractivity contribution in [1.29, 1.82) is 0 Å². The van der Waals surface area contributed by atoms with Crippen molar-refractivity contribution in [3.05, 3.63) is 269 Å². The van der Waals surface area contributed by atoms with Crippen LogP contribution in [0.5, 0.6) is 0 Å². The van der Waals surface area contributed by atoms with E-state index in [2.05, 4.69) is 168 Å². The lowest BCUT2D eigenvalue weighted by molar-refractivity contribution is 0.444. The third-order valence-corrected chi connectivity index (χ3v) is 20.6. The Morgan fingerprint density at radius 2 is 0.576 bits per heavy atom. The van der Waals surface area contributed by atoms with Gasteiger partial charge in [-0.3, -0.25) is 0 Å². The lowest BCUT2D eigenvalue weighted by Crippen LogP contribution is -2.61. The predicted molar refractivity (Wildman–Crippen MR) is 431 cm³/mol. The minimum Gasteiger partial charge on any atom is -0.310 e. The van der Waals surface area contributed by atoms with Crippen LogP contribution < -0.4 is 26.2 Å². The Morgan fingerprint density at radius 3 is 0.859 bits per heavy atom. The first-order valence-corrected chi connectivity index (χ1v) is 35.2. The first-order chi connectivity index (χ1) is 55.2. The Bertz CT molecular complexity index is 5410. The topological polar surface area (TPSA) is 6.48 Å². The van der Waals surface area contributed by atoms with Crippen LogP contribution >= 0.6 is 0 Å². The van der Waals surface area contributed by atoms with Gasteiger partial charge in [0.25, 0.3) is 6.71 Å². The molecule has 11 aromatic carbocycles. The summed E-state index contributed by atoms with van der Waals surface area (Å²) in [5.41, 5.74) is 9.58. The normalized spacial score (nSPS) is 17.3. The summed E-state index contributed by atoms with van der Waals surface area (Å²) >= 11 is 0. The van der Waals surface area contributed by atoms with Crippen LogP contribution in [0, 0.1) is 0 Å². The molecule has 1 saturated carbocycles. The molecule has 0 radical (unpaired) electrons. The third-order valence-electron chi connectivity index (χ3n) is 20.6. The molecule has 14 rings (SSSR count). The summed E-state index contributed by atoms with van der Waals surface area (Å²) in [4.78, 5) is 4.02. The van der Waals surface area contributed by atoms with Gasteiger partial charge in [0.1, 0.15) is 0 Å². The van der Waals surface area contributed by atoms with Crippen LogP contribution in [0.3, 0.4) is 0 Å². The minimum atomic E-state index is -0.854. The van der Waals surface area contributed by atoms with Crippen LogP contribution in [0.1, 0.15) is 229 Å². The summed E-state index contributed by atoms with van der Waals surface area (Å²) in [6.45, 7) is 36.9. The van der Waals surface area contributed by atoms with Gasteiger partial charge in [-0.15, -0.1) is 0 Å². The summed E-state index contributed by atoms with van der Waals surface area (Å²) in [5, 5.41) is 0. The number of hydrogen-bond acceptors (Lipinski definition) is 2. The molecule has 0 saturated heterocycles. The molecule has 1 fully saturated rings. The van der Waals surface area contributed by atoms with E-state index in [-0.39, 0.29) is 83.5 Å². The van der Waals surface area contributed by atoms with Crippen molar-refractivity contribution in [1.82, 2.24) is 0 Å². The number of benzene rings is 11. The summed E-state index contributed by atoms with van der Waals surface area (Å²) in [7, 11) is 0. The molecule has 11 aromatic rings. The van der Waals surface area contributed by atoms with Crippen molar-refractivity contribution in [2.24, 2.45) is 0 Å². The van der Waals surface area contributed by atoms with E-state index in [9.17, 15) is 21.9 Å². The van der Waals surface area contributed by atoms with Crippen molar-refractivity contribution in [2.45, 2.75) is 195 Å². The molecular formula is C96H103BN2. The molecule has 500 valence electrons. The van der Waals surface area contributed by atoms with Gasteiger partial charge in [-0.1, -0.05) is 325 Å². The maximum atomic E-state index is 10.2. The fraction of sp³-hybridized carbons (Fsp3) is 0.312. The van der Waals surface area contributed by atoms with Crippen LogP contribution in [0.25, 0.3) is 66.8 Å².